The lowest BCUT2D eigenvalue weighted by molar-refractivity contribution is 0.578. The predicted octanol–water partition coefficient (Wildman–Crippen LogP) is 2.34. The zero-order chi connectivity index (χ0) is 17.0. The zero-order valence-corrected chi connectivity index (χ0v) is 14.7. The number of benzene rings is 1. The van der Waals surface area contributed by atoms with Crippen LogP contribution in [0.4, 0.5) is 11.1 Å². The van der Waals surface area contributed by atoms with Crippen LogP contribution in [-0.2, 0) is 5.41 Å². The Balaban J connectivity index is 1.53. The summed E-state index contributed by atoms with van der Waals surface area (Å²) in [6, 6.07) is 9.76. The molecule has 3 rings (SSSR count). The highest BCUT2D eigenvalue weighted by Crippen LogP contribution is 2.27. The van der Waals surface area contributed by atoms with E-state index in [4.69, 9.17) is 0 Å². The number of tetrazole rings is 1. The van der Waals surface area contributed by atoms with Gasteiger partial charge < -0.3 is 10.6 Å². The summed E-state index contributed by atoms with van der Waals surface area (Å²) in [6.45, 7) is 7.74. The molecule has 0 aliphatic rings. The predicted molar refractivity (Wildman–Crippen MR) is 94.7 cm³/mol. The first kappa shape index (κ1) is 16.3. The molecule has 2 heterocycles. The SMILES string of the molecule is CC(C)(C)c1nnc(NCCNc2nnnn2-c2ccccc2)s1. The second-order valence-corrected chi connectivity index (χ2v) is 7.24. The van der Waals surface area contributed by atoms with Gasteiger partial charge in [0.15, 0.2) is 0 Å². The number of rotatable bonds is 6. The second-order valence-electron chi connectivity index (χ2n) is 6.27. The summed E-state index contributed by atoms with van der Waals surface area (Å²) in [5.74, 6) is 0.607. The number of nitrogens with zero attached hydrogens (tertiary/aromatic N) is 6. The Morgan fingerprint density at radius 3 is 2.46 bits per heavy atom. The molecule has 0 atom stereocenters. The van der Waals surface area contributed by atoms with E-state index in [1.807, 2.05) is 30.3 Å². The van der Waals surface area contributed by atoms with Crippen molar-refractivity contribution < 1.29 is 0 Å². The van der Waals surface area contributed by atoms with Crippen molar-refractivity contribution in [3.05, 3.63) is 35.3 Å². The lowest BCUT2D eigenvalue weighted by Gasteiger charge is -2.12. The molecule has 0 aliphatic carbocycles. The standard InChI is InChI=1S/C15H20N8S/c1-15(2,3)12-18-20-14(24-12)17-10-9-16-13-19-21-22-23(13)11-7-5-4-6-8-11/h4-8H,9-10H2,1-3H3,(H,17,20)(H,16,19,22). The molecule has 0 amide bonds. The Morgan fingerprint density at radius 1 is 1.00 bits per heavy atom. The number of hydrogen-bond donors (Lipinski definition) is 2. The lowest BCUT2D eigenvalue weighted by Crippen LogP contribution is -2.16. The van der Waals surface area contributed by atoms with Gasteiger partial charge in [0.05, 0.1) is 5.69 Å². The Morgan fingerprint density at radius 2 is 1.75 bits per heavy atom. The number of anilines is 2. The van der Waals surface area contributed by atoms with E-state index in [0.717, 1.165) is 15.8 Å². The monoisotopic (exact) mass is 344 g/mol. The molecule has 0 fully saturated rings. The van der Waals surface area contributed by atoms with Gasteiger partial charge in [-0.2, -0.15) is 4.68 Å². The summed E-state index contributed by atoms with van der Waals surface area (Å²) >= 11 is 1.58. The first-order valence-corrected chi connectivity index (χ1v) is 8.51. The number of nitrogens with one attached hydrogen (secondary N) is 2. The molecule has 1 aromatic carbocycles. The van der Waals surface area contributed by atoms with Crippen molar-refractivity contribution in [3.63, 3.8) is 0 Å². The van der Waals surface area contributed by atoms with Gasteiger partial charge in [0.25, 0.3) is 0 Å². The van der Waals surface area contributed by atoms with E-state index >= 15 is 0 Å². The van der Waals surface area contributed by atoms with Crippen LogP contribution >= 0.6 is 11.3 Å². The van der Waals surface area contributed by atoms with Crippen LogP contribution in [0.1, 0.15) is 25.8 Å². The molecule has 0 aliphatic heterocycles. The Kier molecular flexibility index (Phi) is 4.70. The van der Waals surface area contributed by atoms with Crippen LogP contribution in [0, 0.1) is 0 Å². The molecule has 2 aromatic heterocycles. The van der Waals surface area contributed by atoms with Crippen LogP contribution < -0.4 is 10.6 Å². The third-order valence-electron chi connectivity index (χ3n) is 3.22. The summed E-state index contributed by atoms with van der Waals surface area (Å²) in [4.78, 5) is 0. The molecule has 0 saturated heterocycles. The van der Waals surface area contributed by atoms with Crippen LogP contribution in [0.15, 0.2) is 30.3 Å². The highest BCUT2D eigenvalue weighted by molar-refractivity contribution is 7.15. The van der Waals surface area contributed by atoms with E-state index in [9.17, 15) is 0 Å². The van der Waals surface area contributed by atoms with Crippen LogP contribution in [0.5, 0.6) is 0 Å². The van der Waals surface area contributed by atoms with Gasteiger partial charge >= 0.3 is 0 Å². The van der Waals surface area contributed by atoms with Crippen LogP contribution in [0.25, 0.3) is 5.69 Å². The van der Waals surface area contributed by atoms with Crippen molar-refractivity contribution in [1.29, 1.82) is 0 Å². The topological polar surface area (TPSA) is 93.4 Å². The van der Waals surface area contributed by atoms with E-state index in [0.29, 0.717) is 19.0 Å². The van der Waals surface area contributed by atoms with E-state index in [2.05, 4.69) is 57.1 Å². The highest BCUT2D eigenvalue weighted by atomic mass is 32.1. The van der Waals surface area contributed by atoms with Crippen LogP contribution in [0.3, 0.4) is 0 Å². The molecule has 0 saturated carbocycles. The van der Waals surface area contributed by atoms with Gasteiger partial charge in [0.2, 0.25) is 11.1 Å². The minimum Gasteiger partial charge on any atom is -0.358 e. The van der Waals surface area contributed by atoms with Gasteiger partial charge in [0, 0.05) is 18.5 Å². The first-order valence-electron chi connectivity index (χ1n) is 7.69. The number of aromatic nitrogens is 6. The molecule has 8 nitrogen and oxygen atoms in total. The average molecular weight is 344 g/mol. The van der Waals surface area contributed by atoms with Crippen molar-refractivity contribution in [2.75, 3.05) is 23.7 Å². The van der Waals surface area contributed by atoms with Gasteiger partial charge in [-0.05, 0) is 22.6 Å². The summed E-state index contributed by atoms with van der Waals surface area (Å²) in [5, 5.41) is 28.5. The van der Waals surface area contributed by atoms with Gasteiger partial charge in [-0.1, -0.05) is 55.4 Å². The molecule has 24 heavy (non-hydrogen) atoms. The maximum absolute atomic E-state index is 4.22. The molecule has 0 bridgehead atoms. The van der Waals surface area contributed by atoms with Gasteiger partial charge in [-0.25, -0.2) is 0 Å². The summed E-state index contributed by atoms with van der Waals surface area (Å²) in [6.07, 6.45) is 0. The molecular weight excluding hydrogens is 324 g/mol. The molecule has 0 radical (unpaired) electrons. The fraction of sp³-hybridized carbons (Fsp3) is 0.400. The summed E-state index contributed by atoms with van der Waals surface area (Å²) in [5.41, 5.74) is 0.935. The third-order valence-corrected chi connectivity index (χ3v) is 4.53. The molecule has 2 N–H and O–H groups in total. The molecule has 126 valence electrons. The average Bonchev–Trinajstić information content (AvgIpc) is 3.21. The van der Waals surface area contributed by atoms with Crippen molar-refractivity contribution in [3.8, 4) is 5.69 Å². The minimum absolute atomic E-state index is 0.0214. The molecule has 3 aromatic rings. The van der Waals surface area contributed by atoms with Gasteiger partial charge in [0.1, 0.15) is 5.01 Å². The maximum Gasteiger partial charge on any atom is 0.247 e. The first-order chi connectivity index (χ1) is 11.5. The van der Waals surface area contributed by atoms with Crippen LogP contribution in [0.2, 0.25) is 0 Å². The zero-order valence-electron chi connectivity index (χ0n) is 13.9. The Labute approximate surface area is 144 Å². The largest absolute Gasteiger partial charge is 0.358 e. The van der Waals surface area contributed by atoms with Crippen molar-refractivity contribution in [2.45, 2.75) is 26.2 Å². The second kappa shape index (κ2) is 6.91. The third kappa shape index (κ3) is 3.85. The minimum atomic E-state index is 0.0214. The number of hydrogen-bond acceptors (Lipinski definition) is 8. The smallest absolute Gasteiger partial charge is 0.247 e. The maximum atomic E-state index is 4.22. The normalized spacial score (nSPS) is 11.5. The van der Waals surface area contributed by atoms with Crippen molar-refractivity contribution in [1.82, 2.24) is 30.4 Å². The quantitative estimate of drug-likeness (QED) is 0.663. The van der Waals surface area contributed by atoms with Gasteiger partial charge in [-0.3, -0.25) is 0 Å². The van der Waals surface area contributed by atoms with E-state index < -0.39 is 0 Å². The Hall–Kier alpha value is -2.55. The molecular formula is C15H20N8S. The van der Waals surface area contributed by atoms with Crippen molar-refractivity contribution >= 4 is 22.4 Å². The van der Waals surface area contributed by atoms with Crippen molar-refractivity contribution in [2.24, 2.45) is 0 Å². The summed E-state index contributed by atoms with van der Waals surface area (Å²) in [7, 11) is 0. The lowest BCUT2D eigenvalue weighted by atomic mass is 9.98. The molecule has 0 unspecified atom stereocenters. The van der Waals surface area contributed by atoms with Crippen LogP contribution in [-0.4, -0.2) is 43.5 Å². The highest BCUT2D eigenvalue weighted by Gasteiger charge is 2.19. The molecule has 9 heteroatoms. The van der Waals surface area contributed by atoms with E-state index in [-0.39, 0.29) is 5.41 Å². The summed E-state index contributed by atoms with van der Waals surface area (Å²) < 4.78 is 1.67. The van der Waals surface area contributed by atoms with E-state index in [1.165, 1.54) is 0 Å². The van der Waals surface area contributed by atoms with Gasteiger partial charge in [-0.15, -0.1) is 10.2 Å². The fourth-order valence-corrected chi connectivity index (χ4v) is 2.81. The number of para-hydroxylation sites is 1. The fourth-order valence-electron chi connectivity index (χ4n) is 1.98. The molecule has 0 spiro atoms. The Bertz CT molecular complexity index is 774. The van der Waals surface area contributed by atoms with E-state index in [1.54, 1.807) is 16.0 Å².